The number of pyridine rings is 2. The summed E-state index contributed by atoms with van der Waals surface area (Å²) in [4.78, 5) is 28.7. The molecule has 0 unspecified atom stereocenters. The predicted molar refractivity (Wildman–Crippen MR) is 93.4 cm³/mol. The third-order valence-electron chi connectivity index (χ3n) is 3.79. The number of aromatic nitrogens is 2. The van der Waals surface area contributed by atoms with E-state index in [1.807, 2.05) is 0 Å². The van der Waals surface area contributed by atoms with Gasteiger partial charge in [-0.05, 0) is 42.0 Å². The molecule has 8 heteroatoms. The zero-order valence-corrected chi connectivity index (χ0v) is 13.9. The van der Waals surface area contributed by atoms with Crippen LogP contribution in [-0.4, -0.2) is 15.5 Å². The molecule has 27 heavy (non-hydrogen) atoms. The van der Waals surface area contributed by atoms with Crippen LogP contribution in [0.4, 0.5) is 18.9 Å². The Labute approximate surface area is 152 Å². The summed E-state index contributed by atoms with van der Waals surface area (Å²) in [5, 5.41) is 2.56. The van der Waals surface area contributed by atoms with Crippen molar-refractivity contribution in [2.45, 2.75) is 12.7 Å². The number of nitrogens with zero attached hydrogens (tertiary/aromatic N) is 2. The lowest BCUT2D eigenvalue weighted by Crippen LogP contribution is -2.29. The monoisotopic (exact) mass is 373 g/mol. The molecule has 5 nitrogen and oxygen atoms in total. The lowest BCUT2D eigenvalue weighted by molar-refractivity contribution is -0.137. The van der Waals surface area contributed by atoms with Gasteiger partial charge in [0, 0.05) is 12.4 Å². The average Bonchev–Trinajstić information content (AvgIpc) is 2.64. The number of halogens is 3. The molecule has 3 aromatic rings. The first-order chi connectivity index (χ1) is 12.8. The summed E-state index contributed by atoms with van der Waals surface area (Å²) >= 11 is 0. The standard InChI is InChI=1S/C19H14F3N3O2/c20-19(21,22)14-5-1-4-13(10-14)12-25-9-3-7-16(18(25)27)17(26)24-15-6-2-8-23-11-15/h1-11H,12H2,(H,24,26). The molecule has 0 aliphatic heterocycles. The molecule has 1 amide bonds. The summed E-state index contributed by atoms with van der Waals surface area (Å²) in [6, 6.07) is 10.8. The van der Waals surface area contributed by atoms with E-state index in [9.17, 15) is 22.8 Å². The second-order valence-corrected chi connectivity index (χ2v) is 5.75. The Bertz CT molecular complexity index is 1010. The van der Waals surface area contributed by atoms with Crippen LogP contribution in [0.5, 0.6) is 0 Å². The van der Waals surface area contributed by atoms with E-state index in [2.05, 4.69) is 10.3 Å². The summed E-state index contributed by atoms with van der Waals surface area (Å²) in [5.74, 6) is -0.619. The van der Waals surface area contributed by atoms with E-state index in [1.165, 1.54) is 41.2 Å². The first-order valence-corrected chi connectivity index (χ1v) is 7.91. The number of hydrogen-bond acceptors (Lipinski definition) is 3. The van der Waals surface area contributed by atoms with Gasteiger partial charge >= 0.3 is 6.18 Å². The molecular formula is C19H14F3N3O2. The Morgan fingerprint density at radius 2 is 1.93 bits per heavy atom. The van der Waals surface area contributed by atoms with Gasteiger partial charge in [-0.25, -0.2) is 0 Å². The Kier molecular flexibility index (Phi) is 5.07. The maximum Gasteiger partial charge on any atom is 0.416 e. The fourth-order valence-electron chi connectivity index (χ4n) is 2.51. The second-order valence-electron chi connectivity index (χ2n) is 5.75. The third kappa shape index (κ3) is 4.41. The zero-order chi connectivity index (χ0) is 19.4. The Hall–Kier alpha value is -3.42. The molecule has 0 saturated heterocycles. The van der Waals surface area contributed by atoms with Crippen LogP contribution in [-0.2, 0) is 12.7 Å². The van der Waals surface area contributed by atoms with E-state index in [0.717, 1.165) is 12.1 Å². The number of hydrogen-bond donors (Lipinski definition) is 1. The summed E-state index contributed by atoms with van der Waals surface area (Å²) in [6.45, 7) is -0.0865. The molecule has 0 fully saturated rings. The van der Waals surface area contributed by atoms with Crippen molar-refractivity contribution in [3.8, 4) is 0 Å². The molecule has 0 spiro atoms. The van der Waals surface area contributed by atoms with E-state index in [4.69, 9.17) is 0 Å². The largest absolute Gasteiger partial charge is 0.416 e. The fraction of sp³-hybridized carbons (Fsp3) is 0.105. The number of amides is 1. The van der Waals surface area contributed by atoms with Gasteiger partial charge in [-0.3, -0.25) is 14.6 Å². The van der Waals surface area contributed by atoms with Gasteiger partial charge in [-0.15, -0.1) is 0 Å². The first kappa shape index (κ1) is 18.4. The lowest BCUT2D eigenvalue weighted by atomic mass is 10.1. The minimum absolute atomic E-state index is 0.0865. The summed E-state index contributed by atoms with van der Waals surface area (Å²) in [6.07, 6.45) is -0.0713. The first-order valence-electron chi connectivity index (χ1n) is 7.91. The van der Waals surface area contributed by atoms with Crippen molar-refractivity contribution in [2.24, 2.45) is 0 Å². The molecule has 0 aliphatic carbocycles. The highest BCUT2D eigenvalue weighted by atomic mass is 19.4. The molecule has 3 rings (SSSR count). The van der Waals surface area contributed by atoms with Crippen LogP contribution < -0.4 is 10.9 Å². The molecule has 0 saturated carbocycles. The van der Waals surface area contributed by atoms with Crippen molar-refractivity contribution >= 4 is 11.6 Å². The Balaban J connectivity index is 1.85. The molecule has 0 bridgehead atoms. The van der Waals surface area contributed by atoms with E-state index in [0.29, 0.717) is 11.3 Å². The van der Waals surface area contributed by atoms with Crippen molar-refractivity contribution in [1.29, 1.82) is 0 Å². The van der Waals surface area contributed by atoms with Crippen LogP contribution in [0.1, 0.15) is 21.5 Å². The molecule has 0 aliphatic rings. The van der Waals surface area contributed by atoms with E-state index >= 15 is 0 Å². The number of alkyl halides is 3. The van der Waals surface area contributed by atoms with Crippen molar-refractivity contribution in [2.75, 3.05) is 5.32 Å². The maximum absolute atomic E-state index is 12.8. The minimum atomic E-state index is -4.47. The van der Waals surface area contributed by atoms with E-state index < -0.39 is 23.2 Å². The molecular weight excluding hydrogens is 359 g/mol. The van der Waals surface area contributed by atoms with Crippen LogP contribution in [0, 0.1) is 0 Å². The smallest absolute Gasteiger partial charge is 0.320 e. The quantitative estimate of drug-likeness (QED) is 0.761. The van der Waals surface area contributed by atoms with E-state index in [-0.39, 0.29) is 12.1 Å². The normalized spacial score (nSPS) is 11.2. The number of carbonyl (C=O) groups excluding carboxylic acids is 1. The fourth-order valence-corrected chi connectivity index (χ4v) is 2.51. The van der Waals surface area contributed by atoms with Crippen LogP contribution in [0.2, 0.25) is 0 Å². The number of rotatable bonds is 4. The van der Waals surface area contributed by atoms with Gasteiger partial charge < -0.3 is 9.88 Å². The molecule has 0 atom stereocenters. The average molecular weight is 373 g/mol. The third-order valence-corrected chi connectivity index (χ3v) is 3.79. The van der Waals surface area contributed by atoms with Gasteiger partial charge in [0.15, 0.2) is 0 Å². The molecule has 2 heterocycles. The van der Waals surface area contributed by atoms with Crippen LogP contribution in [0.25, 0.3) is 0 Å². The molecule has 1 aromatic carbocycles. The zero-order valence-electron chi connectivity index (χ0n) is 13.9. The Morgan fingerprint density at radius 3 is 2.63 bits per heavy atom. The highest BCUT2D eigenvalue weighted by molar-refractivity contribution is 6.03. The van der Waals surface area contributed by atoms with Crippen LogP contribution >= 0.6 is 0 Å². The summed E-state index contributed by atoms with van der Waals surface area (Å²) in [5.41, 5.74) is -0.782. The number of anilines is 1. The van der Waals surface area contributed by atoms with Gasteiger partial charge in [0.25, 0.3) is 11.5 Å². The predicted octanol–water partition coefficient (Wildman–Crippen LogP) is 3.56. The highest BCUT2D eigenvalue weighted by Crippen LogP contribution is 2.29. The maximum atomic E-state index is 12.8. The Morgan fingerprint density at radius 1 is 1.11 bits per heavy atom. The van der Waals surface area contributed by atoms with Gasteiger partial charge in [-0.1, -0.05) is 12.1 Å². The number of nitrogens with one attached hydrogen (secondary N) is 1. The van der Waals surface area contributed by atoms with Gasteiger partial charge in [0.05, 0.1) is 24.0 Å². The van der Waals surface area contributed by atoms with Crippen molar-refractivity contribution in [1.82, 2.24) is 9.55 Å². The van der Waals surface area contributed by atoms with Crippen LogP contribution in [0.3, 0.4) is 0 Å². The van der Waals surface area contributed by atoms with Crippen LogP contribution in [0.15, 0.2) is 71.9 Å². The van der Waals surface area contributed by atoms with Crippen molar-refractivity contribution in [3.63, 3.8) is 0 Å². The molecule has 2 aromatic heterocycles. The number of carbonyl (C=O) groups is 1. The van der Waals surface area contributed by atoms with Gasteiger partial charge in [0.1, 0.15) is 5.56 Å². The van der Waals surface area contributed by atoms with Crippen molar-refractivity contribution in [3.05, 3.63) is 94.2 Å². The number of benzene rings is 1. The molecule has 0 radical (unpaired) electrons. The van der Waals surface area contributed by atoms with Crippen molar-refractivity contribution < 1.29 is 18.0 Å². The van der Waals surface area contributed by atoms with Gasteiger partial charge in [-0.2, -0.15) is 13.2 Å². The van der Waals surface area contributed by atoms with E-state index in [1.54, 1.807) is 18.3 Å². The lowest BCUT2D eigenvalue weighted by Gasteiger charge is -2.11. The SMILES string of the molecule is O=C(Nc1cccnc1)c1cccn(Cc2cccc(C(F)(F)F)c2)c1=O. The highest BCUT2D eigenvalue weighted by Gasteiger charge is 2.30. The summed E-state index contributed by atoms with van der Waals surface area (Å²) < 4.78 is 39.7. The molecule has 1 N–H and O–H groups in total. The van der Waals surface area contributed by atoms with Gasteiger partial charge in [0.2, 0.25) is 0 Å². The molecule has 138 valence electrons. The summed E-state index contributed by atoms with van der Waals surface area (Å²) in [7, 11) is 0. The minimum Gasteiger partial charge on any atom is -0.320 e. The second kappa shape index (κ2) is 7.45. The topological polar surface area (TPSA) is 64.0 Å².